The minimum Gasteiger partial charge on any atom is -0.302 e. The van der Waals surface area contributed by atoms with Crippen molar-refractivity contribution in [2.24, 2.45) is 0 Å². The second-order valence-electron chi connectivity index (χ2n) is 7.74. The highest BCUT2D eigenvalue weighted by Gasteiger charge is 2.45. The fraction of sp³-hybridized carbons (Fsp3) is 0.200. The van der Waals surface area contributed by atoms with E-state index in [1.54, 1.807) is 50.2 Å². The highest BCUT2D eigenvalue weighted by Crippen LogP contribution is 2.54. The van der Waals surface area contributed by atoms with E-state index in [4.69, 9.17) is 23.2 Å². The number of hydrogen-bond donors (Lipinski definition) is 0. The Bertz CT molecular complexity index is 1260. The second kappa shape index (κ2) is 8.74. The third kappa shape index (κ3) is 3.91. The summed E-state index contributed by atoms with van der Waals surface area (Å²) in [6, 6.07) is 13.2. The maximum absolute atomic E-state index is 14.5. The minimum atomic E-state index is -4.31. The van der Waals surface area contributed by atoms with Gasteiger partial charge in [-0.2, -0.15) is 0 Å². The van der Waals surface area contributed by atoms with Crippen molar-refractivity contribution < 1.29 is 14.2 Å². The molecule has 0 amide bonds. The van der Waals surface area contributed by atoms with Crippen LogP contribution in [0.2, 0.25) is 10.0 Å². The lowest BCUT2D eigenvalue weighted by atomic mass is 9.95. The van der Waals surface area contributed by atoms with Crippen molar-refractivity contribution in [1.82, 2.24) is 0 Å². The SMILES string of the molecule is Cc1cc(C)c(C(=O)P(=O)(C(=O)c2c(Cl)ccc(C)c2Cl)c2ccccc2)c(C)c1C. The van der Waals surface area contributed by atoms with Crippen molar-refractivity contribution in [3.8, 4) is 0 Å². The molecule has 0 saturated heterocycles. The van der Waals surface area contributed by atoms with Gasteiger partial charge in [0.2, 0.25) is 18.2 Å². The summed E-state index contributed by atoms with van der Waals surface area (Å²) in [5, 5.41) is 0.337. The molecule has 0 aliphatic carbocycles. The van der Waals surface area contributed by atoms with Crippen molar-refractivity contribution in [2.75, 3.05) is 0 Å². The number of rotatable bonds is 5. The van der Waals surface area contributed by atoms with Crippen LogP contribution in [0.1, 0.15) is 48.5 Å². The summed E-state index contributed by atoms with van der Waals surface area (Å²) in [5.74, 6) is 0. The molecule has 3 aromatic carbocycles. The lowest BCUT2D eigenvalue weighted by Gasteiger charge is -2.21. The minimum absolute atomic E-state index is 0.0677. The van der Waals surface area contributed by atoms with E-state index in [1.165, 1.54) is 6.07 Å². The molecule has 3 rings (SSSR count). The van der Waals surface area contributed by atoms with Crippen LogP contribution in [0.4, 0.5) is 0 Å². The van der Waals surface area contributed by atoms with Gasteiger partial charge in [0.25, 0.3) is 0 Å². The number of hydrogen-bond acceptors (Lipinski definition) is 3. The summed E-state index contributed by atoms with van der Waals surface area (Å²) in [7, 11) is -4.31. The molecule has 1 unspecified atom stereocenters. The van der Waals surface area contributed by atoms with E-state index in [0.29, 0.717) is 22.3 Å². The molecular weight excluding hydrogens is 450 g/mol. The summed E-state index contributed by atoms with van der Waals surface area (Å²) < 4.78 is 14.5. The molecule has 0 bridgehead atoms. The first kappa shape index (κ1) is 23.5. The lowest BCUT2D eigenvalue weighted by Crippen LogP contribution is -2.22. The number of carbonyl (C=O) groups is 2. The Morgan fingerprint density at radius 3 is 1.90 bits per heavy atom. The maximum Gasteiger partial charge on any atom is 0.248 e. The van der Waals surface area contributed by atoms with Crippen LogP contribution in [0.25, 0.3) is 0 Å². The quantitative estimate of drug-likeness (QED) is 0.368. The molecule has 160 valence electrons. The van der Waals surface area contributed by atoms with Crippen molar-refractivity contribution in [1.29, 1.82) is 0 Å². The molecule has 0 N–H and O–H groups in total. The van der Waals surface area contributed by atoms with Crippen molar-refractivity contribution >= 4 is 46.7 Å². The monoisotopic (exact) mass is 472 g/mol. The number of aryl methyl sites for hydroxylation is 3. The van der Waals surface area contributed by atoms with E-state index >= 15 is 0 Å². The zero-order valence-corrected chi connectivity index (χ0v) is 20.5. The van der Waals surface area contributed by atoms with Gasteiger partial charge >= 0.3 is 0 Å². The summed E-state index contributed by atoms with van der Waals surface area (Å²) in [4.78, 5) is 27.7. The average Bonchev–Trinajstić information content (AvgIpc) is 2.74. The van der Waals surface area contributed by atoms with Gasteiger partial charge in [-0.1, -0.05) is 65.7 Å². The van der Waals surface area contributed by atoms with Crippen LogP contribution in [-0.2, 0) is 4.57 Å². The van der Waals surface area contributed by atoms with Gasteiger partial charge in [-0.05, 0) is 68.5 Å². The average molecular weight is 473 g/mol. The van der Waals surface area contributed by atoms with Crippen LogP contribution in [0, 0.1) is 34.6 Å². The van der Waals surface area contributed by atoms with Crippen molar-refractivity contribution in [3.63, 3.8) is 0 Å². The predicted octanol–water partition coefficient (Wildman–Crippen LogP) is 7.20. The lowest BCUT2D eigenvalue weighted by molar-refractivity contribution is 0.104. The van der Waals surface area contributed by atoms with Crippen LogP contribution in [-0.4, -0.2) is 11.0 Å². The maximum atomic E-state index is 14.5. The molecule has 3 aromatic rings. The molecule has 0 aromatic heterocycles. The molecule has 0 heterocycles. The highest BCUT2D eigenvalue weighted by atomic mass is 35.5. The summed E-state index contributed by atoms with van der Waals surface area (Å²) >= 11 is 12.7. The molecule has 0 saturated carbocycles. The molecule has 0 fully saturated rings. The second-order valence-corrected chi connectivity index (χ2v) is 11.1. The zero-order chi connectivity index (χ0) is 23.1. The summed E-state index contributed by atoms with van der Waals surface area (Å²) in [6.45, 7) is 9.19. The van der Waals surface area contributed by atoms with Gasteiger partial charge in [0, 0.05) is 10.9 Å². The van der Waals surface area contributed by atoms with Crippen molar-refractivity contribution in [2.45, 2.75) is 34.6 Å². The first-order valence-corrected chi connectivity index (χ1v) is 12.3. The first-order chi connectivity index (χ1) is 14.5. The van der Waals surface area contributed by atoms with Gasteiger partial charge in [0.05, 0.1) is 15.6 Å². The number of halogens is 2. The van der Waals surface area contributed by atoms with E-state index in [9.17, 15) is 14.2 Å². The molecule has 0 spiro atoms. The van der Waals surface area contributed by atoms with Crippen LogP contribution in [0.5, 0.6) is 0 Å². The van der Waals surface area contributed by atoms with E-state index < -0.39 is 18.2 Å². The van der Waals surface area contributed by atoms with Crippen LogP contribution < -0.4 is 5.30 Å². The van der Waals surface area contributed by atoms with Crippen molar-refractivity contribution in [3.05, 3.63) is 97.5 Å². The van der Waals surface area contributed by atoms with Gasteiger partial charge in [0.1, 0.15) is 0 Å². The number of carbonyl (C=O) groups excluding carboxylic acids is 2. The Kier molecular flexibility index (Phi) is 6.62. The third-order valence-corrected chi connectivity index (χ3v) is 9.18. The van der Waals surface area contributed by atoms with E-state index in [2.05, 4.69) is 0 Å². The highest BCUT2D eigenvalue weighted by molar-refractivity contribution is 8.01. The number of benzene rings is 3. The summed E-state index contributed by atoms with van der Waals surface area (Å²) in [6.07, 6.45) is 0. The van der Waals surface area contributed by atoms with Crippen LogP contribution >= 0.6 is 30.3 Å². The largest absolute Gasteiger partial charge is 0.302 e. The molecule has 0 aliphatic heterocycles. The fourth-order valence-electron chi connectivity index (χ4n) is 3.75. The van der Waals surface area contributed by atoms with Gasteiger partial charge < -0.3 is 4.57 Å². The normalized spacial score (nSPS) is 13.0. The molecule has 3 nitrogen and oxygen atoms in total. The first-order valence-electron chi connectivity index (χ1n) is 9.79. The summed E-state index contributed by atoms with van der Waals surface area (Å²) in [5.41, 5.74) is 2.63. The van der Waals surface area contributed by atoms with Gasteiger partial charge in [-0.25, -0.2) is 0 Å². The zero-order valence-electron chi connectivity index (χ0n) is 18.0. The molecule has 1 atom stereocenters. The molecule has 0 radical (unpaired) electrons. The predicted molar refractivity (Wildman–Crippen MR) is 129 cm³/mol. The molecule has 0 aliphatic rings. The van der Waals surface area contributed by atoms with E-state index in [0.717, 1.165) is 11.1 Å². The molecule has 6 heteroatoms. The van der Waals surface area contributed by atoms with Gasteiger partial charge in [-0.15, -0.1) is 0 Å². The molecular formula is C25H23Cl2O3P. The fourth-order valence-corrected chi connectivity index (χ4v) is 6.87. The topological polar surface area (TPSA) is 51.2 Å². The third-order valence-electron chi connectivity index (χ3n) is 5.76. The van der Waals surface area contributed by atoms with Crippen LogP contribution in [0.3, 0.4) is 0 Å². The Labute approximate surface area is 192 Å². The Morgan fingerprint density at radius 2 is 1.29 bits per heavy atom. The van der Waals surface area contributed by atoms with Crippen LogP contribution in [0.15, 0.2) is 48.5 Å². The Balaban J connectivity index is 2.35. The van der Waals surface area contributed by atoms with E-state index in [1.807, 2.05) is 26.8 Å². The van der Waals surface area contributed by atoms with Gasteiger partial charge in [-0.3, -0.25) is 9.59 Å². The van der Waals surface area contributed by atoms with E-state index in [-0.39, 0.29) is 20.9 Å². The standard InChI is InChI=1S/C25H23Cl2O3P/c1-14-11-12-20(26)22(23(14)27)25(29)31(30,19-9-7-6-8-10-19)24(28)21-16(3)13-15(2)17(4)18(21)5/h6-13H,1-5H3. The molecule has 31 heavy (non-hydrogen) atoms. The Hall–Kier alpha value is -2.19. The Morgan fingerprint density at radius 1 is 0.710 bits per heavy atom. The van der Waals surface area contributed by atoms with Gasteiger partial charge in [0.15, 0.2) is 0 Å². The smallest absolute Gasteiger partial charge is 0.248 e.